The molecule has 0 aromatic carbocycles. The molecule has 0 N–H and O–H groups in total. The molecular weight excluding hydrogens is 230 g/mol. The van der Waals surface area contributed by atoms with Gasteiger partial charge in [-0.05, 0) is 36.3 Å². The summed E-state index contributed by atoms with van der Waals surface area (Å²) in [6.07, 6.45) is 1.67. The van der Waals surface area contributed by atoms with Gasteiger partial charge in [0, 0.05) is 22.3 Å². The summed E-state index contributed by atoms with van der Waals surface area (Å²) in [5.74, 6) is 0.658. The second-order valence-electron chi connectivity index (χ2n) is 4.52. The standard InChI is InChI=1S/C9H13ClF2OS/c1-8(6-2-3-6,9(10,11)12)7-4-14(13)5-7/h6-7H,2-5H2,1H3. The molecule has 2 fully saturated rings. The third-order valence-electron chi connectivity index (χ3n) is 3.66. The summed E-state index contributed by atoms with van der Waals surface area (Å²) in [5.41, 5.74) is -1.14. The van der Waals surface area contributed by atoms with Gasteiger partial charge in [-0.25, -0.2) is 0 Å². The zero-order valence-electron chi connectivity index (χ0n) is 7.93. The van der Waals surface area contributed by atoms with E-state index in [4.69, 9.17) is 11.6 Å². The van der Waals surface area contributed by atoms with Gasteiger partial charge >= 0.3 is 5.38 Å². The van der Waals surface area contributed by atoms with Crippen LogP contribution < -0.4 is 0 Å². The molecule has 1 unspecified atom stereocenters. The average Bonchev–Trinajstić information content (AvgIpc) is 2.77. The number of rotatable bonds is 3. The van der Waals surface area contributed by atoms with Gasteiger partial charge in [0.15, 0.2) is 0 Å². The van der Waals surface area contributed by atoms with Crippen LogP contribution in [0.1, 0.15) is 19.8 Å². The maximum atomic E-state index is 13.3. The highest BCUT2D eigenvalue weighted by atomic mass is 35.5. The first-order chi connectivity index (χ1) is 6.35. The van der Waals surface area contributed by atoms with Gasteiger partial charge in [-0.15, -0.1) is 0 Å². The summed E-state index contributed by atoms with van der Waals surface area (Å²) in [6.45, 7) is 1.55. The molecule has 1 heterocycles. The Balaban J connectivity index is 2.18. The Bertz CT molecular complexity index is 266. The van der Waals surface area contributed by atoms with E-state index < -0.39 is 21.6 Å². The van der Waals surface area contributed by atoms with E-state index in [2.05, 4.69) is 0 Å². The zero-order chi connectivity index (χ0) is 10.6. The first kappa shape index (κ1) is 10.8. The number of hydrogen-bond acceptors (Lipinski definition) is 1. The van der Waals surface area contributed by atoms with Crippen molar-refractivity contribution < 1.29 is 13.0 Å². The summed E-state index contributed by atoms with van der Waals surface area (Å²) in [7, 11) is -0.884. The van der Waals surface area contributed by atoms with Gasteiger partial charge in [0.25, 0.3) is 0 Å². The Labute approximate surface area is 89.7 Å². The van der Waals surface area contributed by atoms with E-state index in [0.29, 0.717) is 11.5 Å². The lowest BCUT2D eigenvalue weighted by Crippen LogP contribution is -2.52. The Morgan fingerprint density at radius 2 is 1.79 bits per heavy atom. The van der Waals surface area contributed by atoms with Crippen LogP contribution in [-0.4, -0.2) is 21.1 Å². The molecule has 0 bridgehead atoms. The summed E-state index contributed by atoms with van der Waals surface area (Å²) in [4.78, 5) is 0. The molecule has 0 radical (unpaired) electrons. The van der Waals surface area contributed by atoms with Gasteiger partial charge in [-0.3, -0.25) is 4.21 Å². The Kier molecular flexibility index (Phi) is 2.43. The third kappa shape index (κ3) is 1.51. The zero-order valence-corrected chi connectivity index (χ0v) is 9.51. The molecule has 1 aliphatic carbocycles. The predicted octanol–water partition coefficient (Wildman–Crippen LogP) is 2.61. The smallest absolute Gasteiger partial charge is 0.260 e. The summed E-state index contributed by atoms with van der Waals surface area (Å²) < 4.78 is 37.6. The normalized spacial score (nSPS) is 37.4. The Morgan fingerprint density at radius 1 is 1.29 bits per heavy atom. The van der Waals surface area contributed by atoms with Crippen LogP contribution in [0, 0.1) is 17.3 Å². The van der Waals surface area contributed by atoms with Gasteiger partial charge in [0.2, 0.25) is 0 Å². The minimum Gasteiger partial charge on any atom is -0.260 e. The van der Waals surface area contributed by atoms with E-state index in [1.807, 2.05) is 0 Å². The topological polar surface area (TPSA) is 17.1 Å². The van der Waals surface area contributed by atoms with Crippen LogP contribution in [0.15, 0.2) is 0 Å². The van der Waals surface area contributed by atoms with Gasteiger partial charge in [-0.1, -0.05) is 6.92 Å². The molecule has 14 heavy (non-hydrogen) atoms. The van der Waals surface area contributed by atoms with Crippen LogP contribution in [0.25, 0.3) is 0 Å². The van der Waals surface area contributed by atoms with Crippen molar-refractivity contribution in [1.82, 2.24) is 0 Å². The molecule has 82 valence electrons. The molecule has 2 rings (SSSR count). The summed E-state index contributed by atoms with van der Waals surface area (Å²) >= 11 is 5.20. The second-order valence-corrected chi connectivity index (χ2v) is 6.55. The maximum Gasteiger partial charge on any atom is 0.327 e. The van der Waals surface area contributed by atoms with Crippen LogP contribution in [0.4, 0.5) is 8.78 Å². The van der Waals surface area contributed by atoms with Gasteiger partial charge < -0.3 is 0 Å². The van der Waals surface area contributed by atoms with Crippen molar-refractivity contribution in [2.75, 3.05) is 11.5 Å². The van der Waals surface area contributed by atoms with E-state index in [1.165, 1.54) is 0 Å². The highest BCUT2D eigenvalue weighted by Gasteiger charge is 2.63. The van der Waals surface area contributed by atoms with Gasteiger partial charge in [0.05, 0.1) is 5.41 Å². The Morgan fingerprint density at radius 3 is 2.07 bits per heavy atom. The van der Waals surface area contributed by atoms with Crippen LogP contribution in [0.5, 0.6) is 0 Å². The fraction of sp³-hybridized carbons (Fsp3) is 1.00. The fourth-order valence-electron chi connectivity index (χ4n) is 2.23. The molecule has 2 aliphatic rings. The molecule has 1 atom stereocenters. The van der Waals surface area contributed by atoms with Crippen molar-refractivity contribution in [3.8, 4) is 0 Å². The quantitative estimate of drug-likeness (QED) is 0.696. The highest BCUT2D eigenvalue weighted by Crippen LogP contribution is 2.60. The molecule has 0 amide bonds. The van der Waals surface area contributed by atoms with Crippen molar-refractivity contribution in [3.05, 3.63) is 0 Å². The monoisotopic (exact) mass is 242 g/mol. The minimum absolute atomic E-state index is 0.0253. The second kappa shape index (κ2) is 3.14. The lowest BCUT2D eigenvalue weighted by Gasteiger charge is -2.44. The first-order valence-corrected chi connectivity index (χ1v) is 6.64. The van der Waals surface area contributed by atoms with E-state index in [1.54, 1.807) is 6.92 Å². The molecule has 1 aliphatic heterocycles. The van der Waals surface area contributed by atoms with Crippen LogP contribution in [0.3, 0.4) is 0 Å². The van der Waals surface area contributed by atoms with E-state index >= 15 is 0 Å². The van der Waals surface area contributed by atoms with Crippen molar-refractivity contribution in [2.45, 2.75) is 25.1 Å². The van der Waals surface area contributed by atoms with Gasteiger partial charge in [0.1, 0.15) is 0 Å². The van der Waals surface area contributed by atoms with Crippen molar-refractivity contribution in [3.63, 3.8) is 0 Å². The molecule has 0 spiro atoms. The largest absolute Gasteiger partial charge is 0.327 e. The van der Waals surface area contributed by atoms with Crippen molar-refractivity contribution in [1.29, 1.82) is 0 Å². The van der Waals surface area contributed by atoms with Crippen LogP contribution in [-0.2, 0) is 10.8 Å². The predicted molar refractivity (Wildman–Crippen MR) is 53.0 cm³/mol. The maximum absolute atomic E-state index is 13.3. The Hall–Kier alpha value is 0.300. The van der Waals surface area contributed by atoms with Crippen LogP contribution in [0.2, 0.25) is 0 Å². The highest BCUT2D eigenvalue weighted by molar-refractivity contribution is 7.86. The SMILES string of the molecule is CC(C1CC1)(C1CS(=O)C1)C(F)(F)Cl. The molecule has 0 aromatic heterocycles. The van der Waals surface area contributed by atoms with Crippen molar-refractivity contribution >= 4 is 22.4 Å². The molecule has 0 aromatic rings. The van der Waals surface area contributed by atoms with E-state index in [9.17, 15) is 13.0 Å². The summed E-state index contributed by atoms with van der Waals surface area (Å²) in [6, 6.07) is 0. The minimum atomic E-state index is -3.16. The third-order valence-corrected chi connectivity index (χ3v) is 5.61. The van der Waals surface area contributed by atoms with E-state index in [0.717, 1.165) is 12.8 Å². The number of hydrogen-bond donors (Lipinski definition) is 0. The molecule has 1 saturated heterocycles. The molecular formula is C9H13ClF2OS. The number of halogens is 3. The lowest BCUT2D eigenvalue weighted by atomic mass is 9.74. The molecule has 1 saturated carbocycles. The van der Waals surface area contributed by atoms with Crippen LogP contribution >= 0.6 is 11.6 Å². The lowest BCUT2D eigenvalue weighted by molar-refractivity contribution is -0.0803. The summed E-state index contributed by atoms with van der Waals surface area (Å²) in [5, 5.41) is -3.16. The van der Waals surface area contributed by atoms with Gasteiger partial charge in [-0.2, -0.15) is 8.78 Å². The van der Waals surface area contributed by atoms with E-state index in [-0.39, 0.29) is 11.8 Å². The van der Waals surface area contributed by atoms with Crippen molar-refractivity contribution in [2.24, 2.45) is 17.3 Å². The first-order valence-electron chi connectivity index (χ1n) is 4.77. The fourth-order valence-corrected chi connectivity index (χ4v) is 4.03. The average molecular weight is 243 g/mol. The molecule has 1 nitrogen and oxygen atoms in total. The number of alkyl halides is 3. The molecule has 5 heteroatoms.